The molecular weight excluding hydrogens is 290 g/mol. The quantitative estimate of drug-likeness (QED) is 0.908. The molecule has 2 rings (SSSR count). The van der Waals surface area contributed by atoms with E-state index in [4.69, 9.17) is 5.73 Å². The Balaban J connectivity index is 2.36. The third kappa shape index (κ3) is 2.95. The number of amides is 2. The molecule has 0 bridgehead atoms. The summed E-state index contributed by atoms with van der Waals surface area (Å²) in [6.45, 7) is 1.42. The first-order chi connectivity index (χ1) is 10.3. The van der Waals surface area contributed by atoms with Crippen LogP contribution in [0.15, 0.2) is 48.5 Å². The Bertz CT molecular complexity index is 719. The minimum atomic E-state index is -1.51. The van der Waals surface area contributed by atoms with Crippen molar-refractivity contribution in [1.29, 1.82) is 0 Å². The van der Waals surface area contributed by atoms with Crippen molar-refractivity contribution in [3.8, 4) is 0 Å². The minimum absolute atomic E-state index is 0.371. The van der Waals surface area contributed by atoms with Gasteiger partial charge in [0.05, 0.1) is 5.56 Å². The van der Waals surface area contributed by atoms with E-state index in [0.29, 0.717) is 11.6 Å². The van der Waals surface area contributed by atoms with Crippen molar-refractivity contribution in [3.63, 3.8) is 0 Å². The summed E-state index contributed by atoms with van der Waals surface area (Å²) >= 11 is 0. The molecule has 6 heteroatoms. The SMILES string of the molecule is CC(NC(=O)c1ccc(F)cc1F)(C(N)=O)c1ccccc1. The molecular formula is C16H14F2N2O2. The predicted molar refractivity (Wildman–Crippen MR) is 76.8 cm³/mol. The van der Waals surface area contributed by atoms with Gasteiger partial charge < -0.3 is 11.1 Å². The normalized spacial score (nSPS) is 13.2. The van der Waals surface area contributed by atoms with Crippen LogP contribution in [0.4, 0.5) is 8.78 Å². The van der Waals surface area contributed by atoms with Crippen LogP contribution in [-0.4, -0.2) is 11.8 Å². The van der Waals surface area contributed by atoms with Crippen LogP contribution in [0.3, 0.4) is 0 Å². The fourth-order valence-electron chi connectivity index (χ4n) is 2.02. The van der Waals surface area contributed by atoms with Gasteiger partial charge in [0.25, 0.3) is 5.91 Å². The van der Waals surface area contributed by atoms with Crippen LogP contribution < -0.4 is 11.1 Å². The molecule has 0 aliphatic heterocycles. The predicted octanol–water partition coefficient (Wildman–Crippen LogP) is 2.10. The van der Waals surface area contributed by atoms with Crippen LogP contribution in [0, 0.1) is 11.6 Å². The second kappa shape index (κ2) is 5.93. The van der Waals surface area contributed by atoms with Crippen LogP contribution in [0.2, 0.25) is 0 Å². The Hall–Kier alpha value is -2.76. The molecule has 3 N–H and O–H groups in total. The summed E-state index contributed by atoms with van der Waals surface area (Å²) in [5, 5.41) is 2.41. The monoisotopic (exact) mass is 304 g/mol. The molecule has 0 aliphatic carbocycles. The standard InChI is InChI=1S/C16H14F2N2O2/c1-16(15(19)22,10-5-3-2-4-6-10)20-14(21)12-8-7-11(17)9-13(12)18/h2-9H,1H3,(H2,19,22)(H,20,21). The lowest BCUT2D eigenvalue weighted by atomic mass is 9.90. The van der Waals surface area contributed by atoms with Gasteiger partial charge in [-0.15, -0.1) is 0 Å². The van der Waals surface area contributed by atoms with Crippen LogP contribution in [0.1, 0.15) is 22.8 Å². The van der Waals surface area contributed by atoms with E-state index in [1.165, 1.54) is 6.92 Å². The number of nitrogens with two attached hydrogens (primary N) is 1. The molecule has 2 aromatic rings. The van der Waals surface area contributed by atoms with E-state index in [9.17, 15) is 18.4 Å². The van der Waals surface area contributed by atoms with Crippen molar-refractivity contribution in [2.24, 2.45) is 5.73 Å². The molecule has 0 aromatic heterocycles. The van der Waals surface area contributed by atoms with Crippen molar-refractivity contribution >= 4 is 11.8 Å². The van der Waals surface area contributed by atoms with Crippen molar-refractivity contribution in [2.75, 3.05) is 0 Å². The van der Waals surface area contributed by atoms with Crippen LogP contribution in [0.5, 0.6) is 0 Å². The van der Waals surface area contributed by atoms with Crippen LogP contribution in [0.25, 0.3) is 0 Å². The molecule has 1 unspecified atom stereocenters. The van der Waals surface area contributed by atoms with E-state index in [1.54, 1.807) is 30.3 Å². The van der Waals surface area contributed by atoms with Crippen molar-refractivity contribution in [1.82, 2.24) is 5.32 Å². The number of nitrogens with one attached hydrogen (secondary N) is 1. The van der Waals surface area contributed by atoms with Gasteiger partial charge in [0, 0.05) is 6.07 Å². The lowest BCUT2D eigenvalue weighted by Gasteiger charge is -2.28. The Kier molecular flexibility index (Phi) is 4.21. The number of hydrogen-bond donors (Lipinski definition) is 2. The number of rotatable bonds is 4. The molecule has 22 heavy (non-hydrogen) atoms. The van der Waals surface area contributed by atoms with Gasteiger partial charge in [0.15, 0.2) is 0 Å². The van der Waals surface area contributed by atoms with E-state index in [2.05, 4.69) is 5.32 Å². The fourth-order valence-corrected chi connectivity index (χ4v) is 2.02. The maximum absolute atomic E-state index is 13.7. The second-order valence-electron chi connectivity index (χ2n) is 4.93. The first-order valence-corrected chi connectivity index (χ1v) is 6.47. The van der Waals surface area contributed by atoms with Crippen molar-refractivity contribution < 1.29 is 18.4 Å². The summed E-state index contributed by atoms with van der Waals surface area (Å²) in [4.78, 5) is 24.0. The lowest BCUT2D eigenvalue weighted by Crippen LogP contribution is -2.52. The summed E-state index contributed by atoms with van der Waals surface area (Å²) < 4.78 is 26.6. The summed E-state index contributed by atoms with van der Waals surface area (Å²) in [7, 11) is 0. The highest BCUT2D eigenvalue weighted by atomic mass is 19.1. The highest BCUT2D eigenvalue weighted by molar-refractivity contribution is 5.99. The zero-order valence-electron chi connectivity index (χ0n) is 11.8. The Morgan fingerprint density at radius 3 is 2.27 bits per heavy atom. The van der Waals surface area contributed by atoms with Crippen molar-refractivity contribution in [3.05, 3.63) is 71.3 Å². The first kappa shape index (κ1) is 15.6. The van der Waals surface area contributed by atoms with Gasteiger partial charge in [-0.2, -0.15) is 0 Å². The molecule has 0 fully saturated rings. The molecule has 0 spiro atoms. The maximum Gasteiger partial charge on any atom is 0.255 e. The van der Waals surface area contributed by atoms with Gasteiger partial charge in [-0.25, -0.2) is 8.78 Å². The molecule has 0 heterocycles. The van der Waals surface area contributed by atoms with Gasteiger partial charge in [0.1, 0.15) is 17.2 Å². The molecule has 2 amide bonds. The van der Waals surface area contributed by atoms with E-state index in [0.717, 1.165) is 12.1 Å². The Morgan fingerprint density at radius 2 is 1.73 bits per heavy atom. The van der Waals surface area contributed by atoms with Crippen molar-refractivity contribution in [2.45, 2.75) is 12.5 Å². The third-order valence-electron chi connectivity index (χ3n) is 3.38. The van der Waals surface area contributed by atoms with E-state index >= 15 is 0 Å². The Morgan fingerprint density at radius 1 is 1.09 bits per heavy atom. The van der Waals surface area contributed by atoms with E-state index < -0.39 is 29.0 Å². The third-order valence-corrected chi connectivity index (χ3v) is 3.38. The Labute approximate surface area is 125 Å². The lowest BCUT2D eigenvalue weighted by molar-refractivity contribution is -0.123. The molecule has 0 saturated carbocycles. The summed E-state index contributed by atoms with van der Waals surface area (Å²) in [5.41, 5.74) is 3.96. The number of benzene rings is 2. The minimum Gasteiger partial charge on any atom is -0.367 e. The summed E-state index contributed by atoms with van der Waals surface area (Å²) in [6.07, 6.45) is 0. The van der Waals surface area contributed by atoms with E-state index in [1.807, 2.05) is 0 Å². The number of carbonyl (C=O) groups excluding carboxylic acids is 2. The molecule has 0 aliphatic rings. The number of carbonyl (C=O) groups is 2. The summed E-state index contributed by atoms with van der Waals surface area (Å²) in [5.74, 6) is -3.47. The topological polar surface area (TPSA) is 72.2 Å². The summed E-state index contributed by atoms with van der Waals surface area (Å²) in [6, 6.07) is 10.9. The molecule has 114 valence electrons. The zero-order chi connectivity index (χ0) is 16.3. The highest BCUT2D eigenvalue weighted by Gasteiger charge is 2.35. The first-order valence-electron chi connectivity index (χ1n) is 6.47. The molecule has 1 atom stereocenters. The average molecular weight is 304 g/mol. The van der Waals surface area contributed by atoms with Gasteiger partial charge in [-0.05, 0) is 24.6 Å². The van der Waals surface area contributed by atoms with Gasteiger partial charge >= 0.3 is 0 Å². The molecule has 2 aromatic carbocycles. The molecule has 4 nitrogen and oxygen atoms in total. The number of hydrogen-bond acceptors (Lipinski definition) is 2. The van der Waals surface area contributed by atoms with Gasteiger partial charge in [-0.1, -0.05) is 30.3 Å². The number of halogens is 2. The number of primary amides is 1. The fraction of sp³-hybridized carbons (Fsp3) is 0.125. The van der Waals surface area contributed by atoms with Gasteiger partial charge in [-0.3, -0.25) is 9.59 Å². The average Bonchev–Trinajstić information content (AvgIpc) is 2.47. The molecule has 0 radical (unpaired) electrons. The zero-order valence-corrected chi connectivity index (χ0v) is 11.8. The van der Waals surface area contributed by atoms with E-state index in [-0.39, 0.29) is 5.56 Å². The molecule has 0 saturated heterocycles. The largest absolute Gasteiger partial charge is 0.367 e. The van der Waals surface area contributed by atoms with Crippen LogP contribution in [-0.2, 0) is 10.3 Å². The highest BCUT2D eigenvalue weighted by Crippen LogP contribution is 2.21. The van der Waals surface area contributed by atoms with Crippen LogP contribution >= 0.6 is 0 Å². The smallest absolute Gasteiger partial charge is 0.255 e. The maximum atomic E-state index is 13.7. The van der Waals surface area contributed by atoms with Gasteiger partial charge in [0.2, 0.25) is 5.91 Å². The second-order valence-corrected chi connectivity index (χ2v) is 4.93.